The van der Waals surface area contributed by atoms with Gasteiger partial charge in [-0.1, -0.05) is 0 Å². The summed E-state index contributed by atoms with van der Waals surface area (Å²) >= 11 is 1.10. The van der Waals surface area contributed by atoms with Crippen molar-refractivity contribution in [3.63, 3.8) is 0 Å². The van der Waals surface area contributed by atoms with Gasteiger partial charge in [0.1, 0.15) is 15.6 Å². The van der Waals surface area contributed by atoms with Crippen molar-refractivity contribution in [2.24, 2.45) is 0 Å². The van der Waals surface area contributed by atoms with E-state index in [1.807, 2.05) is 0 Å². The maximum absolute atomic E-state index is 12.4. The molecule has 0 spiro atoms. The Labute approximate surface area is 125 Å². The molecule has 2 aromatic heterocycles. The first-order valence-electron chi connectivity index (χ1n) is 5.76. The third-order valence-electron chi connectivity index (χ3n) is 2.67. The summed E-state index contributed by atoms with van der Waals surface area (Å²) in [7, 11) is -2.71. The summed E-state index contributed by atoms with van der Waals surface area (Å²) in [6.07, 6.45) is 1.39. The molecule has 0 saturated carbocycles. The fourth-order valence-electron chi connectivity index (χ4n) is 1.63. The van der Waals surface area contributed by atoms with E-state index in [1.54, 1.807) is 12.3 Å². The fourth-order valence-corrected chi connectivity index (χ4v) is 3.85. The predicted octanol–water partition coefficient (Wildman–Crippen LogP) is 1.62. The number of esters is 1. The first-order chi connectivity index (χ1) is 9.86. The molecule has 0 fully saturated rings. The number of thiophene rings is 1. The third kappa shape index (κ3) is 2.98. The molecule has 0 aliphatic carbocycles. The number of hydrogen-bond acceptors (Lipinski definition) is 7. The number of nitrogens with zero attached hydrogens (tertiary/aromatic N) is 1. The van der Waals surface area contributed by atoms with Gasteiger partial charge in [0.2, 0.25) is 0 Å². The number of carbonyl (C=O) groups excluding carboxylic acids is 1. The van der Waals surface area contributed by atoms with Crippen molar-refractivity contribution in [3.8, 4) is 0 Å². The number of hydrogen-bond donors (Lipinski definition) is 2. The average molecular weight is 327 g/mol. The van der Waals surface area contributed by atoms with E-state index in [2.05, 4.69) is 14.4 Å². The van der Waals surface area contributed by atoms with Crippen molar-refractivity contribution >= 4 is 38.8 Å². The Hall–Kier alpha value is -2.13. The Kier molecular flexibility index (Phi) is 4.14. The lowest BCUT2D eigenvalue weighted by Crippen LogP contribution is -2.17. The minimum Gasteiger partial charge on any atom is -0.465 e. The van der Waals surface area contributed by atoms with Crippen molar-refractivity contribution in [1.82, 2.24) is 4.98 Å². The van der Waals surface area contributed by atoms with Crippen molar-refractivity contribution in [2.75, 3.05) is 17.6 Å². The lowest BCUT2D eigenvalue weighted by molar-refractivity contribution is 0.0607. The van der Waals surface area contributed by atoms with Crippen LogP contribution in [0.3, 0.4) is 0 Å². The maximum atomic E-state index is 12.4. The molecule has 112 valence electrons. The first kappa shape index (κ1) is 15.3. The van der Waals surface area contributed by atoms with E-state index in [4.69, 9.17) is 5.73 Å². The Morgan fingerprint density at radius 2 is 2.19 bits per heavy atom. The van der Waals surface area contributed by atoms with Gasteiger partial charge in [-0.2, -0.15) is 0 Å². The standard InChI is InChI=1S/C12H13N3O4S2/c1-7-6-20-10(12(16)19-2)9(7)15-21(17,18)8-4-3-5-14-11(8)13/h3-6,15H,1-2H3,(H2,13,14). The molecule has 0 bridgehead atoms. The highest BCUT2D eigenvalue weighted by molar-refractivity contribution is 7.93. The Balaban J connectivity index is 2.45. The highest BCUT2D eigenvalue weighted by Gasteiger charge is 2.24. The lowest BCUT2D eigenvalue weighted by atomic mass is 10.3. The largest absolute Gasteiger partial charge is 0.465 e. The highest BCUT2D eigenvalue weighted by atomic mass is 32.2. The Morgan fingerprint density at radius 1 is 1.48 bits per heavy atom. The number of methoxy groups -OCH3 is 1. The zero-order valence-corrected chi connectivity index (χ0v) is 12.9. The second-order valence-electron chi connectivity index (χ2n) is 4.11. The van der Waals surface area contributed by atoms with Crippen molar-refractivity contribution < 1.29 is 17.9 Å². The molecule has 2 rings (SSSR count). The van der Waals surface area contributed by atoms with Crippen LogP contribution >= 0.6 is 11.3 Å². The average Bonchev–Trinajstić information content (AvgIpc) is 2.79. The summed E-state index contributed by atoms with van der Waals surface area (Å²) in [5.74, 6) is -0.720. The first-order valence-corrected chi connectivity index (χ1v) is 8.13. The molecule has 2 heterocycles. The Bertz CT molecular complexity index is 784. The fraction of sp³-hybridized carbons (Fsp3) is 0.167. The van der Waals surface area contributed by atoms with Gasteiger partial charge in [0.05, 0.1) is 12.8 Å². The van der Waals surface area contributed by atoms with Crippen LogP contribution in [-0.2, 0) is 14.8 Å². The number of rotatable bonds is 4. The molecule has 0 saturated heterocycles. The van der Waals surface area contributed by atoms with Gasteiger partial charge in [0.25, 0.3) is 10.0 Å². The van der Waals surface area contributed by atoms with Gasteiger partial charge in [-0.15, -0.1) is 11.3 Å². The number of nitrogen functional groups attached to an aromatic ring is 1. The molecule has 0 aliphatic heterocycles. The number of nitrogens with two attached hydrogens (primary N) is 1. The van der Waals surface area contributed by atoms with Crippen LogP contribution in [0.4, 0.5) is 11.5 Å². The number of ether oxygens (including phenoxy) is 1. The molecule has 0 aromatic carbocycles. The molecule has 2 aromatic rings. The SMILES string of the molecule is COC(=O)c1scc(C)c1NS(=O)(=O)c1cccnc1N. The normalized spacial score (nSPS) is 11.1. The van der Waals surface area contributed by atoms with Crippen molar-refractivity contribution in [1.29, 1.82) is 0 Å². The van der Waals surface area contributed by atoms with Gasteiger partial charge >= 0.3 is 5.97 Å². The molecular weight excluding hydrogens is 314 g/mol. The summed E-state index contributed by atoms with van der Waals surface area (Å²) in [6.45, 7) is 1.69. The van der Waals surface area contributed by atoms with E-state index in [1.165, 1.54) is 25.4 Å². The summed E-state index contributed by atoms with van der Waals surface area (Å²) in [6, 6.07) is 2.80. The predicted molar refractivity (Wildman–Crippen MR) is 79.9 cm³/mol. The van der Waals surface area contributed by atoms with Gasteiger partial charge in [-0.3, -0.25) is 4.72 Å². The minimum absolute atomic E-state index is 0.113. The van der Waals surface area contributed by atoms with Crippen LogP contribution in [-0.4, -0.2) is 26.5 Å². The summed E-state index contributed by atoms with van der Waals surface area (Å²) < 4.78 is 31.7. The molecule has 0 amide bonds. The zero-order valence-electron chi connectivity index (χ0n) is 11.3. The van der Waals surface area contributed by atoms with Gasteiger partial charge in [-0.05, 0) is 30.0 Å². The third-order valence-corrected chi connectivity index (χ3v) is 5.15. The number of aromatic nitrogens is 1. The van der Waals surface area contributed by atoms with Crippen LogP contribution in [0.1, 0.15) is 15.2 Å². The van der Waals surface area contributed by atoms with Crippen LogP contribution in [0, 0.1) is 6.92 Å². The Morgan fingerprint density at radius 3 is 2.81 bits per heavy atom. The van der Waals surface area contributed by atoms with E-state index in [9.17, 15) is 13.2 Å². The smallest absolute Gasteiger partial charge is 0.350 e. The molecular formula is C12H13N3O4S2. The van der Waals surface area contributed by atoms with Gasteiger partial charge in [0.15, 0.2) is 0 Å². The van der Waals surface area contributed by atoms with Gasteiger partial charge in [0, 0.05) is 6.20 Å². The number of nitrogens with one attached hydrogen (secondary N) is 1. The molecule has 3 N–H and O–H groups in total. The number of pyridine rings is 1. The van der Waals surface area contributed by atoms with E-state index >= 15 is 0 Å². The van der Waals surface area contributed by atoms with Crippen molar-refractivity contribution in [3.05, 3.63) is 34.2 Å². The molecule has 9 heteroatoms. The second-order valence-corrected chi connectivity index (χ2v) is 6.64. The molecule has 0 unspecified atom stereocenters. The number of carbonyl (C=O) groups is 1. The molecule has 7 nitrogen and oxygen atoms in total. The number of aryl methyl sites for hydroxylation is 1. The quantitative estimate of drug-likeness (QED) is 0.825. The van der Waals surface area contributed by atoms with E-state index in [0.717, 1.165) is 11.3 Å². The topological polar surface area (TPSA) is 111 Å². The van der Waals surface area contributed by atoms with E-state index in [0.29, 0.717) is 5.56 Å². The van der Waals surface area contributed by atoms with Crippen LogP contribution in [0.5, 0.6) is 0 Å². The second kappa shape index (κ2) is 5.70. The maximum Gasteiger partial charge on any atom is 0.350 e. The van der Waals surface area contributed by atoms with Crippen LogP contribution in [0.25, 0.3) is 0 Å². The molecule has 21 heavy (non-hydrogen) atoms. The van der Waals surface area contributed by atoms with Crippen LogP contribution in [0.15, 0.2) is 28.6 Å². The van der Waals surface area contributed by atoms with E-state index < -0.39 is 16.0 Å². The molecule has 0 aliphatic rings. The van der Waals surface area contributed by atoms with Crippen molar-refractivity contribution in [2.45, 2.75) is 11.8 Å². The minimum atomic E-state index is -3.94. The molecule has 0 radical (unpaired) electrons. The summed E-state index contributed by atoms with van der Waals surface area (Å²) in [4.78, 5) is 15.4. The van der Waals surface area contributed by atoms with Gasteiger partial charge < -0.3 is 10.5 Å². The van der Waals surface area contributed by atoms with Gasteiger partial charge in [-0.25, -0.2) is 18.2 Å². The number of anilines is 2. The lowest BCUT2D eigenvalue weighted by Gasteiger charge is -2.10. The summed E-state index contributed by atoms with van der Waals surface area (Å²) in [5.41, 5.74) is 6.39. The van der Waals surface area contributed by atoms with Crippen LogP contribution in [0.2, 0.25) is 0 Å². The van der Waals surface area contributed by atoms with Crippen LogP contribution < -0.4 is 10.5 Å². The monoisotopic (exact) mass is 327 g/mol. The molecule has 0 atom stereocenters. The summed E-state index contributed by atoms with van der Waals surface area (Å²) in [5, 5.41) is 1.66. The zero-order chi connectivity index (χ0) is 15.6. The highest BCUT2D eigenvalue weighted by Crippen LogP contribution is 2.31. The van der Waals surface area contributed by atoms with E-state index in [-0.39, 0.29) is 21.3 Å². The number of sulfonamides is 1.